The van der Waals surface area contributed by atoms with Crippen molar-refractivity contribution in [2.75, 3.05) is 6.61 Å². The molecule has 1 aromatic heterocycles. The van der Waals surface area contributed by atoms with Crippen molar-refractivity contribution in [3.63, 3.8) is 0 Å². The lowest BCUT2D eigenvalue weighted by Crippen LogP contribution is -2.32. The molecule has 1 aromatic rings. The number of tetrazole rings is 1. The summed E-state index contributed by atoms with van der Waals surface area (Å²) in [5.41, 5.74) is -0.448. The van der Waals surface area contributed by atoms with Gasteiger partial charge in [-0.25, -0.2) is 0 Å². The highest BCUT2D eigenvalue weighted by Gasteiger charge is 2.20. The van der Waals surface area contributed by atoms with Crippen LogP contribution in [-0.2, 0) is 5.54 Å². The fraction of sp³-hybridized carbons (Fsp3) is 0.800. The summed E-state index contributed by atoms with van der Waals surface area (Å²) < 4.78 is 0. The number of aromatic nitrogens is 4. The molecule has 0 unspecified atom stereocenters. The molecule has 0 radical (unpaired) electrons. The number of rotatable bonds is 2. The Morgan fingerprint density at radius 2 is 2.30 bits per heavy atom. The fourth-order valence-corrected chi connectivity index (χ4v) is 0.508. The Bertz CT molecular complexity index is 193. The molecule has 0 aliphatic heterocycles. The molecule has 0 bridgehead atoms. The maximum absolute atomic E-state index is 8.84. The van der Waals surface area contributed by atoms with Crippen LogP contribution in [0.2, 0.25) is 0 Å². The Kier molecular flexibility index (Phi) is 1.67. The lowest BCUT2D eigenvalue weighted by molar-refractivity contribution is 0.136. The van der Waals surface area contributed by atoms with Crippen LogP contribution in [0.25, 0.3) is 0 Å². The third-order valence-corrected chi connectivity index (χ3v) is 1.28. The number of hydrogen-bond acceptors (Lipinski definition) is 4. The number of aliphatic hydroxyl groups excluding tert-OH is 1. The zero-order chi connectivity index (χ0) is 7.61. The molecule has 0 saturated heterocycles. The first kappa shape index (κ1) is 7.14. The SMILES string of the molecule is CC(C)(CO)n1ncnn1. The van der Waals surface area contributed by atoms with Gasteiger partial charge in [-0.2, -0.15) is 4.80 Å². The molecule has 0 amide bonds. The van der Waals surface area contributed by atoms with Gasteiger partial charge >= 0.3 is 0 Å². The Morgan fingerprint density at radius 3 is 2.70 bits per heavy atom. The molecule has 0 spiro atoms. The summed E-state index contributed by atoms with van der Waals surface area (Å²) in [4.78, 5) is 1.38. The van der Waals surface area contributed by atoms with Gasteiger partial charge in [-0.3, -0.25) is 0 Å². The second-order valence-corrected chi connectivity index (χ2v) is 2.70. The predicted octanol–water partition coefficient (Wildman–Crippen LogP) is -0.600. The van der Waals surface area contributed by atoms with E-state index in [-0.39, 0.29) is 6.61 Å². The van der Waals surface area contributed by atoms with Crippen LogP contribution in [0.4, 0.5) is 0 Å². The van der Waals surface area contributed by atoms with Gasteiger partial charge in [-0.1, -0.05) is 0 Å². The van der Waals surface area contributed by atoms with Crippen molar-refractivity contribution in [1.82, 2.24) is 20.2 Å². The van der Waals surface area contributed by atoms with Crippen LogP contribution in [0.5, 0.6) is 0 Å². The summed E-state index contributed by atoms with van der Waals surface area (Å²) >= 11 is 0. The van der Waals surface area contributed by atoms with Crippen molar-refractivity contribution in [3.05, 3.63) is 6.33 Å². The minimum atomic E-state index is -0.448. The first-order valence-corrected chi connectivity index (χ1v) is 3.01. The zero-order valence-corrected chi connectivity index (χ0v) is 6.02. The Balaban J connectivity index is 2.85. The smallest absolute Gasteiger partial charge is 0.162 e. The minimum Gasteiger partial charge on any atom is -0.394 e. The Labute approximate surface area is 58.7 Å². The van der Waals surface area contributed by atoms with Crippen LogP contribution >= 0.6 is 0 Å². The average molecular weight is 142 g/mol. The predicted molar refractivity (Wildman–Crippen MR) is 34.2 cm³/mol. The first-order chi connectivity index (χ1) is 4.67. The molecule has 1 N–H and O–H groups in total. The van der Waals surface area contributed by atoms with Crippen molar-refractivity contribution in [3.8, 4) is 0 Å². The van der Waals surface area contributed by atoms with Gasteiger partial charge in [0.1, 0.15) is 5.54 Å². The van der Waals surface area contributed by atoms with Gasteiger partial charge in [0.05, 0.1) is 6.61 Å². The maximum atomic E-state index is 8.84. The molecule has 5 nitrogen and oxygen atoms in total. The van der Waals surface area contributed by atoms with Crippen molar-refractivity contribution < 1.29 is 5.11 Å². The maximum Gasteiger partial charge on any atom is 0.162 e. The molecule has 56 valence electrons. The van der Waals surface area contributed by atoms with Gasteiger partial charge in [-0.15, -0.1) is 10.2 Å². The van der Waals surface area contributed by atoms with E-state index >= 15 is 0 Å². The van der Waals surface area contributed by atoms with Crippen molar-refractivity contribution in [2.45, 2.75) is 19.4 Å². The largest absolute Gasteiger partial charge is 0.394 e. The second kappa shape index (κ2) is 2.34. The van der Waals surface area contributed by atoms with Crippen LogP contribution < -0.4 is 0 Å². The van der Waals surface area contributed by atoms with Gasteiger partial charge in [0.25, 0.3) is 0 Å². The Morgan fingerprint density at radius 1 is 1.60 bits per heavy atom. The molecule has 0 fully saturated rings. The van der Waals surface area contributed by atoms with Crippen molar-refractivity contribution in [1.29, 1.82) is 0 Å². The summed E-state index contributed by atoms with van der Waals surface area (Å²) in [6, 6.07) is 0. The first-order valence-electron chi connectivity index (χ1n) is 3.01. The van der Waals surface area contributed by atoms with Crippen LogP contribution in [0, 0.1) is 0 Å². The van der Waals surface area contributed by atoms with Gasteiger partial charge in [0.15, 0.2) is 6.33 Å². The quantitative estimate of drug-likeness (QED) is 0.599. The van der Waals surface area contributed by atoms with Crippen LogP contribution in [0.3, 0.4) is 0 Å². The number of aliphatic hydroxyl groups is 1. The minimum absolute atomic E-state index is 0.00333. The second-order valence-electron chi connectivity index (χ2n) is 2.70. The van der Waals surface area contributed by atoms with E-state index in [1.807, 2.05) is 13.8 Å². The average Bonchev–Trinajstić information content (AvgIpc) is 2.38. The third kappa shape index (κ3) is 1.13. The van der Waals surface area contributed by atoms with E-state index in [1.54, 1.807) is 0 Å². The van der Waals surface area contributed by atoms with E-state index in [2.05, 4.69) is 15.4 Å². The molecule has 10 heavy (non-hydrogen) atoms. The van der Waals surface area contributed by atoms with E-state index in [0.29, 0.717) is 0 Å². The summed E-state index contributed by atoms with van der Waals surface area (Å²) in [6.45, 7) is 3.66. The fourth-order valence-electron chi connectivity index (χ4n) is 0.508. The normalized spacial score (nSPS) is 11.9. The topological polar surface area (TPSA) is 63.8 Å². The summed E-state index contributed by atoms with van der Waals surface area (Å²) in [5, 5.41) is 19.8. The highest BCUT2D eigenvalue weighted by Crippen LogP contribution is 2.08. The number of hydrogen-bond donors (Lipinski definition) is 1. The van der Waals surface area contributed by atoms with Crippen LogP contribution in [-0.4, -0.2) is 31.9 Å². The van der Waals surface area contributed by atoms with E-state index < -0.39 is 5.54 Å². The molecular formula is C5H10N4O. The molecule has 0 aliphatic rings. The van der Waals surface area contributed by atoms with Gasteiger partial charge < -0.3 is 5.11 Å². The van der Waals surface area contributed by atoms with Gasteiger partial charge in [0, 0.05) is 0 Å². The summed E-state index contributed by atoms with van der Waals surface area (Å²) in [5.74, 6) is 0. The lowest BCUT2D eigenvalue weighted by atomic mass is 10.1. The van der Waals surface area contributed by atoms with Crippen molar-refractivity contribution >= 4 is 0 Å². The monoisotopic (exact) mass is 142 g/mol. The van der Waals surface area contributed by atoms with Crippen molar-refractivity contribution in [2.24, 2.45) is 0 Å². The van der Waals surface area contributed by atoms with E-state index in [9.17, 15) is 0 Å². The highest BCUT2D eigenvalue weighted by molar-refractivity contribution is 4.68. The molecule has 0 aromatic carbocycles. The van der Waals surface area contributed by atoms with E-state index in [0.717, 1.165) is 0 Å². The lowest BCUT2D eigenvalue weighted by Gasteiger charge is -2.18. The summed E-state index contributed by atoms with van der Waals surface area (Å²) in [7, 11) is 0. The molecule has 1 rings (SSSR count). The van der Waals surface area contributed by atoms with E-state index in [1.165, 1.54) is 11.1 Å². The molecule has 0 atom stereocenters. The summed E-state index contributed by atoms with van der Waals surface area (Å²) in [6.07, 6.45) is 1.34. The Hall–Kier alpha value is -0.970. The molecule has 5 heteroatoms. The standard InChI is InChI=1S/C5H10N4O/c1-5(2,3-10)9-7-4-6-8-9/h4,10H,3H2,1-2H3. The van der Waals surface area contributed by atoms with Gasteiger partial charge in [-0.05, 0) is 19.1 Å². The van der Waals surface area contributed by atoms with Gasteiger partial charge in [0.2, 0.25) is 0 Å². The number of nitrogens with zero attached hydrogens (tertiary/aromatic N) is 4. The van der Waals surface area contributed by atoms with Crippen LogP contribution in [0.15, 0.2) is 6.33 Å². The molecule has 1 heterocycles. The highest BCUT2D eigenvalue weighted by atomic mass is 16.3. The molecule has 0 saturated carbocycles. The molecular weight excluding hydrogens is 132 g/mol. The zero-order valence-electron chi connectivity index (χ0n) is 6.02. The molecule has 0 aliphatic carbocycles. The third-order valence-electron chi connectivity index (χ3n) is 1.28. The van der Waals surface area contributed by atoms with E-state index in [4.69, 9.17) is 5.11 Å². The van der Waals surface area contributed by atoms with Crippen LogP contribution in [0.1, 0.15) is 13.8 Å².